The van der Waals surface area contributed by atoms with Gasteiger partial charge in [-0.05, 0) is 174 Å². The zero-order valence-corrected chi connectivity index (χ0v) is 41.4. The fraction of sp³-hybridized carbons (Fsp3) is 0.410. The van der Waals surface area contributed by atoms with Gasteiger partial charge < -0.3 is 9.80 Å². The summed E-state index contributed by atoms with van der Waals surface area (Å²) in [5.74, 6) is 0. The van der Waals surface area contributed by atoms with Crippen LogP contribution in [0.5, 0.6) is 0 Å². The topological polar surface area (TPSA) is 6.48 Å². The first-order chi connectivity index (χ1) is 31.0. The molecule has 64 heavy (non-hydrogen) atoms. The molecule has 0 aromatic heterocycles. The number of anilines is 6. The summed E-state index contributed by atoms with van der Waals surface area (Å²) in [6.45, 7) is 32.7. The summed E-state index contributed by atoms with van der Waals surface area (Å²) in [7, 11) is 0. The smallest absolute Gasteiger partial charge is 0.252 e. The van der Waals surface area contributed by atoms with Gasteiger partial charge in [-0.15, -0.1) is 0 Å². The number of hydrogen-bond donors (Lipinski definition) is 0. The van der Waals surface area contributed by atoms with E-state index in [0.717, 1.165) is 70.0 Å². The van der Waals surface area contributed by atoms with Crippen LogP contribution in [0.2, 0.25) is 0 Å². The summed E-state index contributed by atoms with van der Waals surface area (Å²) < 4.78 is 27.6. The second-order valence-electron chi connectivity index (χ2n) is 24.8. The Kier molecular flexibility index (Phi) is 8.46. The summed E-state index contributed by atoms with van der Waals surface area (Å²) in [4.78, 5) is 4.95. The highest BCUT2D eigenvalue weighted by Crippen LogP contribution is 2.55. The summed E-state index contributed by atoms with van der Waals surface area (Å²) >= 11 is 0. The molecule has 10 rings (SSSR count). The molecule has 0 unspecified atom stereocenters. The normalized spacial score (nSPS) is 19.4. The number of nitrogens with zero attached hydrogens (tertiary/aromatic N) is 2. The van der Waals surface area contributed by atoms with Gasteiger partial charge in [-0.2, -0.15) is 0 Å². The predicted molar refractivity (Wildman–Crippen MR) is 279 cm³/mol. The highest BCUT2D eigenvalue weighted by Gasteiger charge is 2.48. The maximum atomic E-state index is 9.21. The molecule has 0 N–H and O–H groups in total. The lowest BCUT2D eigenvalue weighted by Gasteiger charge is -2.48. The molecule has 0 radical (unpaired) electrons. The van der Waals surface area contributed by atoms with Gasteiger partial charge in [-0.25, -0.2) is 0 Å². The van der Waals surface area contributed by atoms with Crippen molar-refractivity contribution >= 4 is 57.2 Å². The van der Waals surface area contributed by atoms with Crippen LogP contribution in [0.1, 0.15) is 165 Å². The molecule has 2 heterocycles. The molecule has 6 aromatic rings. The SMILES string of the molecule is [2H]C([2H])([2H])c1cc2c3c(c1)N(c1ccc(C(C)(C)C)cc1-c1ccccc1)c1cc4c(cc1B3c1ccc(C(C)(C)C)cc1N2c1cc2c(cc1C)C(C)(C)CC2(C)C)C(C)(C)CCC4(C)C. The maximum absolute atomic E-state index is 9.21. The minimum Gasteiger partial charge on any atom is -0.311 e. The molecule has 2 aliphatic carbocycles. The lowest BCUT2D eigenvalue weighted by atomic mass is 9.33. The van der Waals surface area contributed by atoms with E-state index < -0.39 is 6.85 Å². The standard InChI is InChI=1S/C61H71BN2/c1-37-28-53-55-54(29-37)64(50-34-46-43(30-38(50)2)60(13,14)36-61(46,15)16)51-32-41(57(6,7)8)22-24-47(51)62(55)48-33-44-45(59(11,12)27-26-58(44,9)10)35-52(48)63(53)49-25-23-40(56(3,4)5)31-42(49)39-20-18-17-19-21-39/h17-25,28-35H,26-27,36H2,1-16H3/i1D3. The van der Waals surface area contributed by atoms with Crippen molar-refractivity contribution in [2.24, 2.45) is 0 Å². The Hall–Kier alpha value is -5.02. The molecule has 3 heteroatoms. The Balaban J connectivity index is 1.39. The van der Waals surface area contributed by atoms with E-state index in [-0.39, 0.29) is 39.2 Å². The summed E-state index contributed by atoms with van der Waals surface area (Å²) in [5.41, 5.74) is 21.6. The lowest BCUT2D eigenvalue weighted by molar-refractivity contribution is 0.332. The Morgan fingerprint density at radius 1 is 0.500 bits per heavy atom. The summed E-state index contributed by atoms with van der Waals surface area (Å²) in [6, 6.07) is 39.0. The van der Waals surface area contributed by atoms with Crippen LogP contribution >= 0.6 is 0 Å². The number of rotatable bonds is 3. The van der Waals surface area contributed by atoms with Crippen molar-refractivity contribution in [3.63, 3.8) is 0 Å². The first kappa shape index (κ1) is 39.4. The van der Waals surface area contributed by atoms with E-state index in [0.29, 0.717) is 5.56 Å². The zero-order chi connectivity index (χ0) is 48.3. The van der Waals surface area contributed by atoms with Crippen LogP contribution in [0.25, 0.3) is 11.1 Å². The first-order valence-corrected chi connectivity index (χ1v) is 24.0. The largest absolute Gasteiger partial charge is 0.311 e. The fourth-order valence-corrected chi connectivity index (χ4v) is 12.4. The van der Waals surface area contributed by atoms with Gasteiger partial charge in [0.05, 0.1) is 5.69 Å². The molecular formula is C61H71BN2. The number of benzene rings is 6. The average Bonchev–Trinajstić information content (AvgIpc) is 3.41. The van der Waals surface area contributed by atoms with Crippen molar-refractivity contribution in [1.82, 2.24) is 0 Å². The van der Waals surface area contributed by atoms with Crippen molar-refractivity contribution in [2.75, 3.05) is 9.80 Å². The van der Waals surface area contributed by atoms with Crippen LogP contribution in [-0.2, 0) is 32.5 Å². The Morgan fingerprint density at radius 2 is 1.02 bits per heavy atom. The highest BCUT2D eigenvalue weighted by molar-refractivity contribution is 7.00. The molecule has 0 bridgehead atoms. The van der Waals surface area contributed by atoms with Crippen LogP contribution < -0.4 is 26.2 Å². The van der Waals surface area contributed by atoms with Crippen LogP contribution in [0, 0.1) is 13.8 Å². The van der Waals surface area contributed by atoms with Gasteiger partial charge in [-0.1, -0.05) is 158 Å². The summed E-state index contributed by atoms with van der Waals surface area (Å²) in [6.07, 6.45) is 3.27. The molecule has 0 saturated heterocycles. The molecule has 6 aromatic carbocycles. The van der Waals surface area contributed by atoms with Crippen molar-refractivity contribution < 1.29 is 4.11 Å². The van der Waals surface area contributed by atoms with E-state index >= 15 is 0 Å². The van der Waals surface area contributed by atoms with Crippen LogP contribution in [0.15, 0.2) is 103 Å². The van der Waals surface area contributed by atoms with E-state index in [2.05, 4.69) is 205 Å². The molecule has 4 aliphatic rings. The van der Waals surface area contributed by atoms with Crippen LogP contribution in [0.3, 0.4) is 0 Å². The molecule has 2 nitrogen and oxygen atoms in total. The Bertz CT molecular complexity index is 3030. The maximum Gasteiger partial charge on any atom is 0.252 e. The Labute approximate surface area is 390 Å². The third-order valence-electron chi connectivity index (χ3n) is 16.0. The van der Waals surface area contributed by atoms with Gasteiger partial charge >= 0.3 is 0 Å². The molecule has 0 fully saturated rings. The summed E-state index contributed by atoms with van der Waals surface area (Å²) in [5, 5.41) is 0. The number of hydrogen-bond acceptors (Lipinski definition) is 2. The van der Waals surface area contributed by atoms with Crippen molar-refractivity contribution in [2.45, 2.75) is 162 Å². The fourth-order valence-electron chi connectivity index (χ4n) is 12.4. The molecular weight excluding hydrogens is 771 g/mol. The molecule has 2 aliphatic heterocycles. The third kappa shape index (κ3) is 6.48. The van der Waals surface area contributed by atoms with Crippen molar-refractivity contribution in [3.8, 4) is 11.1 Å². The second-order valence-corrected chi connectivity index (χ2v) is 24.8. The van der Waals surface area contributed by atoms with Gasteiger partial charge in [-0.3, -0.25) is 0 Å². The quantitative estimate of drug-likeness (QED) is 0.164. The second kappa shape index (κ2) is 13.8. The molecule has 0 amide bonds. The van der Waals surface area contributed by atoms with E-state index in [1.807, 2.05) is 12.1 Å². The zero-order valence-electron chi connectivity index (χ0n) is 44.4. The monoisotopic (exact) mass is 846 g/mol. The van der Waals surface area contributed by atoms with E-state index in [1.165, 1.54) is 49.9 Å². The van der Waals surface area contributed by atoms with Gasteiger partial charge in [0.15, 0.2) is 0 Å². The van der Waals surface area contributed by atoms with Gasteiger partial charge in [0.25, 0.3) is 6.71 Å². The van der Waals surface area contributed by atoms with Crippen molar-refractivity contribution in [1.29, 1.82) is 0 Å². The minimum atomic E-state index is -2.37. The molecule has 0 saturated carbocycles. The molecule has 0 spiro atoms. The number of fused-ring (bicyclic) bond motifs is 6. The molecule has 0 atom stereocenters. The third-order valence-corrected chi connectivity index (χ3v) is 16.0. The van der Waals surface area contributed by atoms with E-state index in [4.69, 9.17) is 0 Å². The van der Waals surface area contributed by atoms with Gasteiger partial charge in [0.1, 0.15) is 0 Å². The highest BCUT2D eigenvalue weighted by atomic mass is 15.2. The van der Waals surface area contributed by atoms with Crippen molar-refractivity contribution in [3.05, 3.63) is 148 Å². The van der Waals surface area contributed by atoms with Gasteiger partial charge in [0.2, 0.25) is 0 Å². The number of aryl methyl sites for hydroxylation is 2. The van der Waals surface area contributed by atoms with Crippen LogP contribution in [0.4, 0.5) is 34.1 Å². The van der Waals surface area contributed by atoms with E-state index in [1.54, 1.807) is 0 Å². The lowest BCUT2D eigenvalue weighted by Crippen LogP contribution is -2.62. The Morgan fingerprint density at radius 3 is 1.62 bits per heavy atom. The predicted octanol–water partition coefficient (Wildman–Crippen LogP) is 15.0. The van der Waals surface area contributed by atoms with E-state index in [9.17, 15) is 4.11 Å². The minimum absolute atomic E-state index is 0.0236. The first-order valence-electron chi connectivity index (χ1n) is 25.5. The van der Waals surface area contributed by atoms with Crippen LogP contribution in [-0.4, -0.2) is 6.71 Å². The van der Waals surface area contributed by atoms with Gasteiger partial charge in [0, 0.05) is 38.1 Å². The molecule has 328 valence electrons. The average molecular weight is 846 g/mol.